The quantitative estimate of drug-likeness (QED) is 0.442. The van der Waals surface area contributed by atoms with E-state index in [1.165, 1.54) is 12.1 Å². The topological polar surface area (TPSA) is 36.3 Å². The van der Waals surface area contributed by atoms with Gasteiger partial charge in [0.2, 0.25) is 0 Å². The second-order valence-electron chi connectivity index (χ2n) is 6.67. The lowest BCUT2D eigenvalue weighted by molar-refractivity contribution is 0.414. The van der Waals surface area contributed by atoms with Crippen LogP contribution in [-0.2, 0) is 0 Å². The fraction of sp³-hybridized carbons (Fsp3) is 0.125. The van der Waals surface area contributed by atoms with Crippen molar-refractivity contribution >= 4 is 0 Å². The molecule has 0 N–H and O–H groups in total. The largest absolute Gasteiger partial charge is 0.497 e. The predicted octanol–water partition coefficient (Wildman–Crippen LogP) is 5.67. The summed E-state index contributed by atoms with van der Waals surface area (Å²) in [7, 11) is 3.29. The van der Waals surface area contributed by atoms with Crippen LogP contribution in [0, 0.1) is 12.7 Å². The van der Waals surface area contributed by atoms with Crippen molar-refractivity contribution in [3.8, 4) is 39.7 Å². The van der Waals surface area contributed by atoms with Crippen molar-refractivity contribution in [3.05, 3.63) is 84.2 Å². The molecule has 1 heterocycles. The minimum atomic E-state index is -0.279. The molecule has 0 radical (unpaired) electrons. The Morgan fingerprint density at radius 2 is 1.24 bits per heavy atom. The number of halogens is 1. The SMILES string of the molecule is COc1ccc(-c2nn(-c3ccc(F)cc3)c(-c3ccc(OC)cc3)c2C)cc1. The maximum absolute atomic E-state index is 13.5. The van der Waals surface area contributed by atoms with Crippen molar-refractivity contribution in [2.24, 2.45) is 0 Å². The molecule has 0 unspecified atom stereocenters. The predicted molar refractivity (Wildman–Crippen MR) is 112 cm³/mol. The van der Waals surface area contributed by atoms with E-state index in [0.717, 1.165) is 45.3 Å². The summed E-state index contributed by atoms with van der Waals surface area (Å²) >= 11 is 0. The third kappa shape index (κ3) is 3.59. The summed E-state index contributed by atoms with van der Waals surface area (Å²) in [4.78, 5) is 0. The fourth-order valence-corrected chi connectivity index (χ4v) is 3.38. The maximum Gasteiger partial charge on any atom is 0.123 e. The summed E-state index contributed by atoms with van der Waals surface area (Å²) in [5.74, 6) is 1.30. The average Bonchev–Trinajstić information content (AvgIpc) is 3.11. The lowest BCUT2D eigenvalue weighted by Gasteiger charge is -2.09. The molecule has 29 heavy (non-hydrogen) atoms. The second kappa shape index (κ2) is 7.80. The highest BCUT2D eigenvalue weighted by atomic mass is 19.1. The van der Waals surface area contributed by atoms with Gasteiger partial charge in [-0.15, -0.1) is 0 Å². The van der Waals surface area contributed by atoms with Gasteiger partial charge in [0.15, 0.2) is 0 Å². The molecular weight excluding hydrogens is 367 g/mol. The highest BCUT2D eigenvalue weighted by molar-refractivity contribution is 5.76. The van der Waals surface area contributed by atoms with E-state index in [9.17, 15) is 4.39 Å². The van der Waals surface area contributed by atoms with Gasteiger partial charge in [-0.25, -0.2) is 9.07 Å². The van der Waals surface area contributed by atoms with Crippen LogP contribution >= 0.6 is 0 Å². The minimum Gasteiger partial charge on any atom is -0.497 e. The lowest BCUT2D eigenvalue weighted by Crippen LogP contribution is -2.00. The van der Waals surface area contributed by atoms with Crippen LogP contribution < -0.4 is 9.47 Å². The molecule has 4 rings (SSSR count). The van der Waals surface area contributed by atoms with Crippen molar-refractivity contribution in [2.45, 2.75) is 6.92 Å². The van der Waals surface area contributed by atoms with Crippen LogP contribution in [0.3, 0.4) is 0 Å². The van der Waals surface area contributed by atoms with Gasteiger partial charge >= 0.3 is 0 Å². The van der Waals surface area contributed by atoms with Crippen LogP contribution in [0.25, 0.3) is 28.2 Å². The number of rotatable bonds is 5. The van der Waals surface area contributed by atoms with Crippen LogP contribution in [0.15, 0.2) is 72.8 Å². The van der Waals surface area contributed by atoms with Gasteiger partial charge < -0.3 is 9.47 Å². The molecule has 0 atom stereocenters. The molecule has 0 aliphatic heterocycles. The van der Waals surface area contributed by atoms with Gasteiger partial charge in [0, 0.05) is 16.7 Å². The fourth-order valence-electron chi connectivity index (χ4n) is 3.38. The van der Waals surface area contributed by atoms with Gasteiger partial charge in [-0.2, -0.15) is 5.10 Å². The van der Waals surface area contributed by atoms with Crippen LogP contribution in [0.5, 0.6) is 11.5 Å². The Morgan fingerprint density at radius 3 is 1.76 bits per heavy atom. The normalized spacial score (nSPS) is 10.8. The average molecular weight is 388 g/mol. The molecule has 0 saturated heterocycles. The zero-order valence-corrected chi connectivity index (χ0v) is 16.5. The molecular formula is C24H21FN2O2. The van der Waals surface area contributed by atoms with Crippen LogP contribution in [0.1, 0.15) is 5.56 Å². The van der Waals surface area contributed by atoms with Crippen LogP contribution in [0.4, 0.5) is 4.39 Å². The first kappa shape index (κ1) is 18.7. The summed E-state index contributed by atoms with van der Waals surface area (Å²) in [6.07, 6.45) is 0. The first-order valence-electron chi connectivity index (χ1n) is 9.25. The summed E-state index contributed by atoms with van der Waals surface area (Å²) in [5, 5.41) is 4.88. The van der Waals surface area contributed by atoms with E-state index in [-0.39, 0.29) is 5.82 Å². The summed E-state index contributed by atoms with van der Waals surface area (Å²) in [6.45, 7) is 2.05. The van der Waals surface area contributed by atoms with Crippen LogP contribution in [0.2, 0.25) is 0 Å². The molecule has 0 amide bonds. The van der Waals surface area contributed by atoms with E-state index in [4.69, 9.17) is 14.6 Å². The highest BCUT2D eigenvalue weighted by Crippen LogP contribution is 2.35. The molecule has 4 nitrogen and oxygen atoms in total. The second-order valence-corrected chi connectivity index (χ2v) is 6.67. The van der Waals surface area contributed by atoms with Gasteiger partial charge in [-0.05, 0) is 79.7 Å². The summed E-state index contributed by atoms with van der Waals surface area (Å²) < 4.78 is 25.9. The molecule has 0 saturated carbocycles. The van der Waals surface area contributed by atoms with E-state index in [1.54, 1.807) is 26.4 Å². The van der Waals surface area contributed by atoms with Crippen molar-refractivity contribution < 1.29 is 13.9 Å². The van der Waals surface area contributed by atoms with Gasteiger partial charge in [-0.3, -0.25) is 0 Å². The maximum atomic E-state index is 13.5. The molecule has 146 valence electrons. The summed E-state index contributed by atoms with van der Waals surface area (Å²) in [6, 6.07) is 22.0. The van der Waals surface area contributed by atoms with E-state index in [0.29, 0.717) is 0 Å². The molecule has 5 heteroatoms. The Labute approximate surface area is 169 Å². The Kier molecular flexibility index (Phi) is 5.04. The smallest absolute Gasteiger partial charge is 0.123 e. The molecule has 0 spiro atoms. The molecule has 0 aliphatic carbocycles. The first-order valence-corrected chi connectivity index (χ1v) is 9.25. The third-order valence-corrected chi connectivity index (χ3v) is 4.92. The van der Waals surface area contributed by atoms with Crippen molar-refractivity contribution in [1.82, 2.24) is 9.78 Å². The summed E-state index contributed by atoms with van der Waals surface area (Å²) in [5.41, 5.74) is 5.62. The van der Waals surface area contributed by atoms with E-state index < -0.39 is 0 Å². The van der Waals surface area contributed by atoms with Crippen LogP contribution in [-0.4, -0.2) is 24.0 Å². The number of benzene rings is 3. The number of nitrogens with zero attached hydrogens (tertiary/aromatic N) is 2. The number of hydrogen-bond donors (Lipinski definition) is 0. The van der Waals surface area contributed by atoms with Crippen molar-refractivity contribution in [1.29, 1.82) is 0 Å². The number of ether oxygens (including phenoxy) is 2. The van der Waals surface area contributed by atoms with E-state index >= 15 is 0 Å². The first-order chi connectivity index (χ1) is 14.1. The monoisotopic (exact) mass is 388 g/mol. The Hall–Kier alpha value is -3.60. The molecule has 0 fully saturated rings. The standard InChI is InChI=1S/C24H21FN2O2/c1-16-23(17-4-12-21(28-2)13-5-17)26-27(20-10-8-19(25)9-11-20)24(16)18-6-14-22(29-3)15-7-18/h4-15H,1-3H3. The van der Waals surface area contributed by atoms with Crippen molar-refractivity contribution in [2.75, 3.05) is 14.2 Å². The Balaban J connectivity index is 1.90. The van der Waals surface area contributed by atoms with Gasteiger partial charge in [0.05, 0.1) is 31.3 Å². The molecule has 4 aromatic rings. The molecule has 0 aliphatic rings. The Bertz CT molecular complexity index is 1120. The molecule has 3 aromatic carbocycles. The molecule has 1 aromatic heterocycles. The molecule has 0 bridgehead atoms. The van der Waals surface area contributed by atoms with Gasteiger partial charge in [-0.1, -0.05) is 0 Å². The van der Waals surface area contributed by atoms with E-state index in [1.807, 2.05) is 60.1 Å². The number of methoxy groups -OCH3 is 2. The lowest BCUT2D eigenvalue weighted by atomic mass is 10.0. The van der Waals surface area contributed by atoms with E-state index in [2.05, 4.69) is 0 Å². The van der Waals surface area contributed by atoms with Crippen molar-refractivity contribution in [3.63, 3.8) is 0 Å². The highest BCUT2D eigenvalue weighted by Gasteiger charge is 2.19. The van der Waals surface area contributed by atoms with Gasteiger partial charge in [0.25, 0.3) is 0 Å². The third-order valence-electron chi connectivity index (χ3n) is 4.92. The zero-order chi connectivity index (χ0) is 20.4. The number of hydrogen-bond acceptors (Lipinski definition) is 3. The van der Waals surface area contributed by atoms with Gasteiger partial charge in [0.1, 0.15) is 17.3 Å². The minimum absolute atomic E-state index is 0.279. The zero-order valence-electron chi connectivity index (χ0n) is 16.5. The Morgan fingerprint density at radius 1 is 0.724 bits per heavy atom. The number of aromatic nitrogens is 2.